The molecule has 0 rings (SSSR count). The number of urea groups is 1. The zero-order chi connectivity index (χ0) is 12.4. The fourth-order valence-corrected chi connectivity index (χ4v) is 1.15. The van der Waals surface area contributed by atoms with Crippen LogP contribution in [0.3, 0.4) is 0 Å². The lowest BCUT2D eigenvalue weighted by Crippen LogP contribution is -2.38. The maximum Gasteiger partial charge on any atom is 0.317 e. The highest BCUT2D eigenvalue weighted by molar-refractivity contribution is 5.74. The second kappa shape index (κ2) is 8.96. The number of carbonyl (C=O) groups is 2. The summed E-state index contributed by atoms with van der Waals surface area (Å²) in [6.07, 6.45) is 2.39. The summed E-state index contributed by atoms with van der Waals surface area (Å²) < 4.78 is 0. The molecule has 3 N–H and O–H groups in total. The van der Waals surface area contributed by atoms with E-state index in [-0.39, 0.29) is 25.6 Å². The number of amides is 2. The molecule has 0 aromatic rings. The lowest BCUT2D eigenvalue weighted by molar-refractivity contribution is -0.136. The quantitative estimate of drug-likeness (QED) is 0.524. The van der Waals surface area contributed by atoms with Gasteiger partial charge in [-0.25, -0.2) is 4.79 Å². The molecular formula is C10H20N2O4. The summed E-state index contributed by atoms with van der Waals surface area (Å²) in [6.45, 7) is 0.933. The first kappa shape index (κ1) is 14.7. The monoisotopic (exact) mass is 232 g/mol. The van der Waals surface area contributed by atoms with Gasteiger partial charge in [0.1, 0.15) is 0 Å². The van der Waals surface area contributed by atoms with Gasteiger partial charge in [0.05, 0.1) is 6.42 Å². The normalized spacial score (nSPS) is 9.88. The van der Waals surface area contributed by atoms with Crippen LogP contribution in [0.2, 0.25) is 0 Å². The van der Waals surface area contributed by atoms with Gasteiger partial charge in [-0.15, -0.1) is 0 Å². The van der Waals surface area contributed by atoms with Crippen molar-refractivity contribution in [3.63, 3.8) is 0 Å². The van der Waals surface area contributed by atoms with Crippen LogP contribution in [-0.4, -0.2) is 53.9 Å². The van der Waals surface area contributed by atoms with Crippen molar-refractivity contribution in [1.82, 2.24) is 10.2 Å². The molecule has 94 valence electrons. The Bertz CT molecular complexity index is 221. The number of aliphatic carboxylic acids is 1. The Morgan fingerprint density at radius 3 is 2.50 bits per heavy atom. The van der Waals surface area contributed by atoms with Crippen LogP contribution >= 0.6 is 0 Å². The average Bonchev–Trinajstić information content (AvgIpc) is 2.23. The average molecular weight is 232 g/mol. The summed E-state index contributed by atoms with van der Waals surface area (Å²) in [5.74, 6) is -0.925. The molecule has 16 heavy (non-hydrogen) atoms. The van der Waals surface area contributed by atoms with Crippen molar-refractivity contribution in [2.75, 3.05) is 26.7 Å². The predicted octanol–water partition coefficient (Wildman–Crippen LogP) is 0.265. The minimum atomic E-state index is -0.925. The van der Waals surface area contributed by atoms with Crippen LogP contribution in [0.1, 0.15) is 25.7 Å². The standard InChI is InChI=1S/C10H20N2O4/c1-12(7-3-2-4-8-13)10(16)11-6-5-9(14)15/h13H,2-8H2,1H3,(H,11,16)(H,14,15). The number of carboxylic acid groups (broad SMARTS) is 1. The minimum absolute atomic E-state index is 0.0654. The molecule has 0 aromatic heterocycles. The van der Waals surface area contributed by atoms with Gasteiger partial charge in [0.15, 0.2) is 0 Å². The molecule has 0 bridgehead atoms. The molecule has 6 heteroatoms. The van der Waals surface area contributed by atoms with Crippen LogP contribution in [0.25, 0.3) is 0 Å². The van der Waals surface area contributed by atoms with Gasteiger partial charge in [-0.2, -0.15) is 0 Å². The Morgan fingerprint density at radius 1 is 1.25 bits per heavy atom. The molecule has 0 spiro atoms. The number of nitrogens with zero attached hydrogens (tertiary/aromatic N) is 1. The Balaban J connectivity index is 3.53. The van der Waals surface area contributed by atoms with Crippen LogP contribution in [0.5, 0.6) is 0 Å². The first-order chi connectivity index (χ1) is 7.57. The van der Waals surface area contributed by atoms with Gasteiger partial charge in [-0.3, -0.25) is 4.79 Å². The molecule has 0 aliphatic carbocycles. The van der Waals surface area contributed by atoms with Crippen molar-refractivity contribution in [1.29, 1.82) is 0 Å². The van der Waals surface area contributed by atoms with Gasteiger partial charge in [0, 0.05) is 26.7 Å². The minimum Gasteiger partial charge on any atom is -0.481 e. The van der Waals surface area contributed by atoms with Crippen molar-refractivity contribution in [2.45, 2.75) is 25.7 Å². The molecule has 6 nitrogen and oxygen atoms in total. The highest BCUT2D eigenvalue weighted by Crippen LogP contribution is 1.96. The smallest absolute Gasteiger partial charge is 0.317 e. The van der Waals surface area contributed by atoms with E-state index in [9.17, 15) is 9.59 Å². The van der Waals surface area contributed by atoms with Crippen LogP contribution in [0, 0.1) is 0 Å². The molecule has 0 heterocycles. The molecule has 0 unspecified atom stereocenters. The largest absolute Gasteiger partial charge is 0.481 e. The number of carbonyl (C=O) groups excluding carboxylic acids is 1. The lowest BCUT2D eigenvalue weighted by atomic mass is 10.2. The molecule has 2 amide bonds. The molecule has 0 saturated heterocycles. The second-order valence-corrected chi connectivity index (χ2v) is 3.58. The number of carboxylic acids is 1. The summed E-state index contributed by atoms with van der Waals surface area (Å²) in [6, 6.07) is -0.259. The summed E-state index contributed by atoms with van der Waals surface area (Å²) >= 11 is 0. The van der Waals surface area contributed by atoms with E-state index in [4.69, 9.17) is 10.2 Å². The zero-order valence-corrected chi connectivity index (χ0v) is 9.61. The molecule has 0 aliphatic rings. The van der Waals surface area contributed by atoms with E-state index in [2.05, 4.69) is 5.32 Å². The van der Waals surface area contributed by atoms with Gasteiger partial charge in [-0.05, 0) is 19.3 Å². The Kier molecular flexibility index (Phi) is 8.24. The summed E-state index contributed by atoms with van der Waals surface area (Å²) in [5, 5.41) is 19.4. The van der Waals surface area contributed by atoms with E-state index < -0.39 is 5.97 Å². The van der Waals surface area contributed by atoms with E-state index >= 15 is 0 Å². The fourth-order valence-electron chi connectivity index (χ4n) is 1.15. The van der Waals surface area contributed by atoms with E-state index in [0.717, 1.165) is 19.3 Å². The van der Waals surface area contributed by atoms with Crippen molar-refractivity contribution in [2.24, 2.45) is 0 Å². The van der Waals surface area contributed by atoms with Gasteiger partial charge >= 0.3 is 12.0 Å². The number of rotatable bonds is 8. The van der Waals surface area contributed by atoms with Crippen LogP contribution in [0.15, 0.2) is 0 Å². The van der Waals surface area contributed by atoms with E-state index in [0.29, 0.717) is 6.54 Å². The summed E-state index contributed by atoms with van der Waals surface area (Å²) in [5.41, 5.74) is 0. The fraction of sp³-hybridized carbons (Fsp3) is 0.800. The molecular weight excluding hydrogens is 212 g/mol. The second-order valence-electron chi connectivity index (χ2n) is 3.58. The molecule has 0 saturated carbocycles. The Hall–Kier alpha value is -1.30. The van der Waals surface area contributed by atoms with Crippen molar-refractivity contribution >= 4 is 12.0 Å². The van der Waals surface area contributed by atoms with Gasteiger partial charge < -0.3 is 20.4 Å². The Morgan fingerprint density at radius 2 is 1.94 bits per heavy atom. The molecule has 0 atom stereocenters. The zero-order valence-electron chi connectivity index (χ0n) is 9.61. The molecule has 0 fully saturated rings. The Labute approximate surface area is 95.2 Å². The number of aliphatic hydroxyl groups is 1. The number of hydrogen-bond donors (Lipinski definition) is 3. The van der Waals surface area contributed by atoms with Gasteiger partial charge in [-0.1, -0.05) is 0 Å². The number of unbranched alkanes of at least 4 members (excludes halogenated alkanes) is 2. The summed E-state index contributed by atoms with van der Waals surface area (Å²) in [7, 11) is 1.66. The molecule has 0 radical (unpaired) electrons. The number of hydrogen-bond acceptors (Lipinski definition) is 3. The first-order valence-corrected chi connectivity index (χ1v) is 5.39. The lowest BCUT2D eigenvalue weighted by Gasteiger charge is -2.17. The van der Waals surface area contributed by atoms with Crippen molar-refractivity contribution < 1.29 is 19.8 Å². The third-order valence-corrected chi connectivity index (χ3v) is 2.11. The van der Waals surface area contributed by atoms with Crippen molar-refractivity contribution in [3.05, 3.63) is 0 Å². The van der Waals surface area contributed by atoms with Crippen LogP contribution in [-0.2, 0) is 4.79 Å². The summed E-state index contributed by atoms with van der Waals surface area (Å²) in [4.78, 5) is 23.1. The topological polar surface area (TPSA) is 89.9 Å². The number of aliphatic hydroxyl groups excluding tert-OH is 1. The molecule has 0 aliphatic heterocycles. The van der Waals surface area contributed by atoms with Crippen LogP contribution in [0.4, 0.5) is 4.79 Å². The van der Waals surface area contributed by atoms with E-state index in [1.54, 1.807) is 7.05 Å². The highest BCUT2D eigenvalue weighted by Gasteiger charge is 2.07. The maximum atomic E-state index is 11.4. The predicted molar refractivity (Wildman–Crippen MR) is 59.2 cm³/mol. The van der Waals surface area contributed by atoms with Gasteiger partial charge in [0.2, 0.25) is 0 Å². The van der Waals surface area contributed by atoms with Crippen molar-refractivity contribution in [3.8, 4) is 0 Å². The van der Waals surface area contributed by atoms with Crippen LogP contribution < -0.4 is 5.32 Å². The maximum absolute atomic E-state index is 11.4. The SMILES string of the molecule is CN(CCCCCO)C(=O)NCCC(=O)O. The highest BCUT2D eigenvalue weighted by atomic mass is 16.4. The molecule has 0 aromatic carbocycles. The first-order valence-electron chi connectivity index (χ1n) is 5.39. The third-order valence-electron chi connectivity index (χ3n) is 2.11. The van der Waals surface area contributed by atoms with Gasteiger partial charge in [0.25, 0.3) is 0 Å². The number of nitrogens with one attached hydrogen (secondary N) is 1. The third kappa shape index (κ3) is 8.05. The van der Waals surface area contributed by atoms with E-state index in [1.165, 1.54) is 4.90 Å². The van der Waals surface area contributed by atoms with E-state index in [1.807, 2.05) is 0 Å².